The summed E-state index contributed by atoms with van der Waals surface area (Å²) in [6.45, 7) is 3.57. The average Bonchev–Trinajstić information content (AvgIpc) is 2.71. The van der Waals surface area contributed by atoms with Gasteiger partial charge >= 0.3 is 0 Å². The minimum Gasteiger partial charge on any atom is -0.490 e. The summed E-state index contributed by atoms with van der Waals surface area (Å²) < 4.78 is 17.8. The van der Waals surface area contributed by atoms with Gasteiger partial charge in [0.05, 0.1) is 19.8 Å². The van der Waals surface area contributed by atoms with Crippen LogP contribution in [-0.4, -0.2) is 30.0 Å². The van der Waals surface area contributed by atoms with Crippen LogP contribution in [0.3, 0.4) is 0 Å². The summed E-state index contributed by atoms with van der Waals surface area (Å²) in [7, 11) is 0. The molecule has 0 aliphatic heterocycles. The maximum Gasteiger partial charge on any atom is 0.203 e. The molecular weight excluding hydrogens is 368 g/mol. The molecule has 1 aromatic carbocycles. The van der Waals surface area contributed by atoms with Crippen LogP contribution in [0.2, 0.25) is 0 Å². The SMILES string of the molecule is C#CCCCCOc1cc(C(O)O)cc(OCCCCC)c1OCCCCC#C. The van der Waals surface area contributed by atoms with Crippen molar-refractivity contribution in [2.45, 2.75) is 71.0 Å². The molecule has 0 unspecified atom stereocenters. The Balaban J connectivity index is 2.95. The molecule has 0 amide bonds. The van der Waals surface area contributed by atoms with Crippen molar-refractivity contribution in [2.24, 2.45) is 0 Å². The maximum absolute atomic E-state index is 9.65. The van der Waals surface area contributed by atoms with Crippen LogP contribution < -0.4 is 14.2 Å². The van der Waals surface area contributed by atoms with Gasteiger partial charge in [-0.25, -0.2) is 0 Å². The van der Waals surface area contributed by atoms with Gasteiger partial charge < -0.3 is 24.4 Å². The van der Waals surface area contributed by atoms with Gasteiger partial charge in [-0.1, -0.05) is 19.8 Å². The summed E-state index contributed by atoms with van der Waals surface area (Å²) in [6, 6.07) is 3.18. The highest BCUT2D eigenvalue weighted by molar-refractivity contribution is 5.54. The van der Waals surface area contributed by atoms with Crippen molar-refractivity contribution >= 4 is 0 Å². The molecule has 1 rings (SSSR count). The molecule has 5 nitrogen and oxygen atoms in total. The van der Waals surface area contributed by atoms with Gasteiger partial charge in [0, 0.05) is 18.4 Å². The third kappa shape index (κ3) is 10.1. The van der Waals surface area contributed by atoms with Crippen LogP contribution in [0.1, 0.15) is 76.6 Å². The first-order valence-electron chi connectivity index (χ1n) is 10.4. The lowest BCUT2D eigenvalue weighted by Crippen LogP contribution is -2.08. The van der Waals surface area contributed by atoms with E-state index in [0.29, 0.717) is 55.5 Å². The second-order valence-corrected chi connectivity index (χ2v) is 6.79. The maximum atomic E-state index is 9.65. The summed E-state index contributed by atoms with van der Waals surface area (Å²) in [6.07, 6.45) is 16.8. The van der Waals surface area contributed by atoms with E-state index in [-0.39, 0.29) is 0 Å². The number of aliphatic hydroxyl groups is 2. The Labute approximate surface area is 175 Å². The van der Waals surface area contributed by atoms with Gasteiger partial charge in [0.15, 0.2) is 17.8 Å². The molecule has 2 N–H and O–H groups in total. The highest BCUT2D eigenvalue weighted by atomic mass is 16.5. The lowest BCUT2D eigenvalue weighted by atomic mass is 10.1. The lowest BCUT2D eigenvalue weighted by Gasteiger charge is -2.19. The summed E-state index contributed by atoms with van der Waals surface area (Å²) in [5.74, 6) is 6.62. The number of unbranched alkanes of at least 4 members (excludes halogenated alkanes) is 6. The molecule has 1 aromatic rings. The van der Waals surface area contributed by atoms with E-state index >= 15 is 0 Å². The molecular formula is C24H34O5. The lowest BCUT2D eigenvalue weighted by molar-refractivity contribution is -0.0428. The summed E-state index contributed by atoms with van der Waals surface area (Å²) in [5.41, 5.74) is 0.300. The van der Waals surface area contributed by atoms with Gasteiger partial charge in [-0.15, -0.1) is 24.7 Å². The number of ether oxygens (including phenoxy) is 3. The van der Waals surface area contributed by atoms with E-state index in [0.717, 1.165) is 44.9 Å². The molecule has 29 heavy (non-hydrogen) atoms. The molecule has 0 aliphatic rings. The molecule has 0 fully saturated rings. The van der Waals surface area contributed by atoms with Crippen molar-refractivity contribution in [3.8, 4) is 41.9 Å². The second-order valence-electron chi connectivity index (χ2n) is 6.79. The van der Waals surface area contributed by atoms with Crippen molar-refractivity contribution in [1.29, 1.82) is 0 Å². The van der Waals surface area contributed by atoms with E-state index in [9.17, 15) is 10.2 Å². The molecule has 0 saturated carbocycles. The van der Waals surface area contributed by atoms with Crippen LogP contribution in [0.15, 0.2) is 12.1 Å². The molecule has 0 atom stereocenters. The number of hydrogen-bond acceptors (Lipinski definition) is 5. The van der Waals surface area contributed by atoms with Crippen LogP contribution in [0.4, 0.5) is 0 Å². The molecule has 0 saturated heterocycles. The first kappa shape index (κ1) is 24.7. The average molecular weight is 403 g/mol. The van der Waals surface area contributed by atoms with Crippen LogP contribution >= 0.6 is 0 Å². The van der Waals surface area contributed by atoms with Gasteiger partial charge in [0.2, 0.25) is 5.75 Å². The third-order valence-corrected chi connectivity index (χ3v) is 4.28. The predicted octanol–water partition coefficient (Wildman–Crippen LogP) is 4.60. The van der Waals surface area contributed by atoms with Crippen LogP contribution in [-0.2, 0) is 0 Å². The normalized spacial score (nSPS) is 10.4. The largest absolute Gasteiger partial charge is 0.490 e. The standard InChI is InChI=1S/C24H34O5/c1-4-7-10-13-16-28-22-19-20(24(25)26)18-21(27-15-12-9-6-3)23(22)29-17-14-11-8-5-2/h1-2,18-19,24-26H,6-17H2,3H3. The Morgan fingerprint density at radius 3 is 1.72 bits per heavy atom. The van der Waals surface area contributed by atoms with E-state index in [1.807, 2.05) is 0 Å². The second kappa shape index (κ2) is 15.6. The molecule has 0 bridgehead atoms. The van der Waals surface area contributed by atoms with Gasteiger partial charge in [0.1, 0.15) is 0 Å². The van der Waals surface area contributed by atoms with Crippen LogP contribution in [0.5, 0.6) is 17.2 Å². The number of aliphatic hydroxyl groups excluding tert-OH is 1. The number of terminal acetylenes is 2. The molecule has 5 heteroatoms. The van der Waals surface area contributed by atoms with Crippen LogP contribution in [0.25, 0.3) is 0 Å². The fourth-order valence-electron chi connectivity index (χ4n) is 2.65. The molecule has 160 valence electrons. The van der Waals surface area contributed by atoms with Crippen molar-refractivity contribution in [2.75, 3.05) is 19.8 Å². The Kier molecular flexibility index (Phi) is 13.3. The van der Waals surface area contributed by atoms with E-state index in [1.54, 1.807) is 12.1 Å². The Morgan fingerprint density at radius 1 is 0.793 bits per heavy atom. The molecule has 0 spiro atoms. The fraction of sp³-hybridized carbons (Fsp3) is 0.583. The third-order valence-electron chi connectivity index (χ3n) is 4.28. The van der Waals surface area contributed by atoms with E-state index in [2.05, 4.69) is 18.8 Å². The zero-order chi connectivity index (χ0) is 21.3. The summed E-state index contributed by atoms with van der Waals surface area (Å²) >= 11 is 0. The highest BCUT2D eigenvalue weighted by Crippen LogP contribution is 2.40. The molecule has 0 radical (unpaired) electrons. The highest BCUT2D eigenvalue weighted by Gasteiger charge is 2.18. The molecule has 0 aromatic heterocycles. The predicted molar refractivity (Wildman–Crippen MR) is 115 cm³/mol. The fourth-order valence-corrected chi connectivity index (χ4v) is 2.65. The van der Waals surface area contributed by atoms with Gasteiger partial charge in [0.25, 0.3) is 0 Å². The number of rotatable bonds is 16. The zero-order valence-corrected chi connectivity index (χ0v) is 17.5. The van der Waals surface area contributed by atoms with E-state index < -0.39 is 6.29 Å². The first-order chi connectivity index (χ1) is 14.1. The van der Waals surface area contributed by atoms with E-state index in [1.165, 1.54) is 0 Å². The Morgan fingerprint density at radius 2 is 1.28 bits per heavy atom. The van der Waals surface area contributed by atoms with Gasteiger partial charge in [-0.3, -0.25) is 0 Å². The topological polar surface area (TPSA) is 68.2 Å². The molecule has 0 heterocycles. The van der Waals surface area contributed by atoms with E-state index in [4.69, 9.17) is 27.1 Å². The summed E-state index contributed by atoms with van der Waals surface area (Å²) in [4.78, 5) is 0. The van der Waals surface area contributed by atoms with Crippen molar-refractivity contribution in [3.63, 3.8) is 0 Å². The Hall–Kier alpha value is -2.34. The van der Waals surface area contributed by atoms with Crippen molar-refractivity contribution < 1.29 is 24.4 Å². The van der Waals surface area contributed by atoms with Crippen molar-refractivity contribution in [3.05, 3.63) is 17.7 Å². The smallest absolute Gasteiger partial charge is 0.203 e. The molecule has 0 aliphatic carbocycles. The van der Waals surface area contributed by atoms with Gasteiger partial charge in [-0.05, 0) is 44.2 Å². The minimum absolute atomic E-state index is 0.300. The van der Waals surface area contributed by atoms with Crippen molar-refractivity contribution in [1.82, 2.24) is 0 Å². The zero-order valence-electron chi connectivity index (χ0n) is 17.5. The minimum atomic E-state index is -1.62. The number of benzene rings is 1. The summed E-state index contributed by atoms with van der Waals surface area (Å²) in [5, 5.41) is 19.3. The first-order valence-corrected chi connectivity index (χ1v) is 10.4. The van der Waals surface area contributed by atoms with Crippen LogP contribution in [0, 0.1) is 24.7 Å². The Bertz CT molecular complexity index is 654. The monoisotopic (exact) mass is 402 g/mol. The van der Waals surface area contributed by atoms with Gasteiger partial charge in [-0.2, -0.15) is 0 Å². The quantitative estimate of drug-likeness (QED) is 0.240. The number of hydrogen-bond donors (Lipinski definition) is 2.